The number of halogens is 4. The number of likely N-dealkylation sites (tertiary alicyclic amines) is 1. The number of rotatable bonds is 4. The van der Waals surface area contributed by atoms with Crippen molar-refractivity contribution in [2.24, 2.45) is 0 Å². The first-order valence-electron chi connectivity index (χ1n) is 9.38. The van der Waals surface area contributed by atoms with Gasteiger partial charge in [0.05, 0.1) is 30.0 Å². The van der Waals surface area contributed by atoms with E-state index in [1.807, 2.05) is 34.7 Å². The normalized spacial score (nSPS) is 20.0. The summed E-state index contributed by atoms with van der Waals surface area (Å²) in [6, 6.07) is 6.06. The van der Waals surface area contributed by atoms with E-state index >= 15 is 0 Å². The van der Waals surface area contributed by atoms with Gasteiger partial charge in [0, 0.05) is 16.2 Å². The molecular weight excluding hydrogens is 510 g/mol. The van der Waals surface area contributed by atoms with Crippen LogP contribution in [0.25, 0.3) is 0 Å². The molecule has 0 spiro atoms. The van der Waals surface area contributed by atoms with E-state index in [1.165, 1.54) is 17.0 Å². The van der Waals surface area contributed by atoms with Crippen LogP contribution in [-0.4, -0.2) is 47.2 Å². The minimum atomic E-state index is -1.27. The number of β-amino-alcohol motifs (C(OH)–C–C–N with tert-alkyl or cyclic N) is 1. The summed E-state index contributed by atoms with van der Waals surface area (Å²) in [7, 11) is 0. The van der Waals surface area contributed by atoms with E-state index < -0.39 is 34.6 Å². The number of benzene rings is 2. The zero-order valence-electron chi connectivity index (χ0n) is 15.8. The van der Waals surface area contributed by atoms with Crippen molar-refractivity contribution < 1.29 is 23.1 Å². The van der Waals surface area contributed by atoms with E-state index in [4.69, 9.17) is 0 Å². The second-order valence-electron chi connectivity index (χ2n) is 7.47. The number of carbonyl (C=O) groups is 1. The lowest BCUT2D eigenvalue weighted by atomic mass is 9.82. The van der Waals surface area contributed by atoms with E-state index in [2.05, 4.69) is 10.6 Å². The number of hydrogen-bond acceptors (Lipinski definition) is 4. The molecular formula is C21H19F3IN3O2. The van der Waals surface area contributed by atoms with Crippen molar-refractivity contribution in [3.63, 3.8) is 0 Å². The number of hydrogen-bond donors (Lipinski definition) is 3. The molecule has 1 amide bonds. The number of amides is 1. The monoisotopic (exact) mass is 529 g/mol. The Morgan fingerprint density at radius 2 is 1.93 bits per heavy atom. The molecule has 0 radical (unpaired) electrons. The maximum Gasteiger partial charge on any atom is 0.256 e. The van der Waals surface area contributed by atoms with Gasteiger partial charge in [0.2, 0.25) is 0 Å². The zero-order chi connectivity index (χ0) is 21.5. The van der Waals surface area contributed by atoms with Gasteiger partial charge in [-0.25, -0.2) is 13.2 Å². The molecule has 1 saturated heterocycles. The maximum atomic E-state index is 14.5. The molecule has 1 atom stereocenters. The first kappa shape index (κ1) is 21.1. The van der Waals surface area contributed by atoms with Gasteiger partial charge in [0.25, 0.3) is 5.91 Å². The smallest absolute Gasteiger partial charge is 0.256 e. The third kappa shape index (κ3) is 3.93. The van der Waals surface area contributed by atoms with E-state index in [0.29, 0.717) is 16.5 Å². The summed E-state index contributed by atoms with van der Waals surface area (Å²) in [6.07, 6.45) is 4.57. The molecule has 9 heteroatoms. The lowest BCUT2D eigenvalue weighted by Gasteiger charge is -2.51. The number of anilines is 2. The molecule has 0 unspecified atom stereocenters. The number of aliphatic hydroxyl groups is 1. The quantitative estimate of drug-likeness (QED) is 0.419. The topological polar surface area (TPSA) is 64.6 Å². The Morgan fingerprint density at radius 3 is 2.60 bits per heavy atom. The molecule has 2 aromatic rings. The number of nitrogens with zero attached hydrogens (tertiary/aromatic N) is 1. The third-order valence-corrected chi connectivity index (χ3v) is 6.07. The Morgan fingerprint density at radius 1 is 1.17 bits per heavy atom. The Kier molecular flexibility index (Phi) is 5.78. The second-order valence-corrected chi connectivity index (χ2v) is 8.71. The van der Waals surface area contributed by atoms with E-state index in [0.717, 1.165) is 12.1 Å². The highest BCUT2D eigenvalue weighted by Crippen LogP contribution is 2.33. The molecule has 2 aromatic carbocycles. The minimum absolute atomic E-state index is 0.0632. The number of carbonyl (C=O) groups excluding carboxylic acids is 1. The molecule has 4 rings (SSSR count). The molecule has 0 bridgehead atoms. The Bertz CT molecular complexity index is 1020. The van der Waals surface area contributed by atoms with Crippen molar-refractivity contribution in [3.05, 3.63) is 69.1 Å². The summed E-state index contributed by atoms with van der Waals surface area (Å²) in [5.74, 6) is -3.65. The predicted molar refractivity (Wildman–Crippen MR) is 115 cm³/mol. The molecule has 3 N–H and O–H groups in total. The molecule has 30 heavy (non-hydrogen) atoms. The van der Waals surface area contributed by atoms with Crippen LogP contribution in [0.15, 0.2) is 42.5 Å². The SMILES string of the molecule is O=C(c1ccc(F)c(F)c1Nc1ccc(I)cc1F)N1CC(O)([C@@H]2CC=CCN2)C1. The Labute approximate surface area is 185 Å². The maximum absolute atomic E-state index is 14.5. The fourth-order valence-electron chi connectivity index (χ4n) is 3.74. The van der Waals surface area contributed by atoms with Crippen molar-refractivity contribution in [3.8, 4) is 0 Å². The van der Waals surface area contributed by atoms with Crippen molar-refractivity contribution in [2.75, 3.05) is 25.0 Å². The minimum Gasteiger partial charge on any atom is -0.385 e. The van der Waals surface area contributed by atoms with Gasteiger partial charge in [-0.1, -0.05) is 12.2 Å². The fourth-order valence-corrected chi connectivity index (χ4v) is 4.20. The lowest BCUT2D eigenvalue weighted by molar-refractivity contribution is -0.103. The summed E-state index contributed by atoms with van der Waals surface area (Å²) in [4.78, 5) is 14.3. The van der Waals surface area contributed by atoms with Crippen molar-refractivity contribution in [1.82, 2.24) is 10.2 Å². The largest absolute Gasteiger partial charge is 0.385 e. The highest BCUT2D eigenvalue weighted by atomic mass is 127. The second kappa shape index (κ2) is 8.20. The number of nitrogens with one attached hydrogen (secondary N) is 2. The predicted octanol–water partition coefficient (Wildman–Crippen LogP) is 3.56. The molecule has 1 fully saturated rings. The van der Waals surface area contributed by atoms with Crippen LogP contribution < -0.4 is 10.6 Å². The highest BCUT2D eigenvalue weighted by molar-refractivity contribution is 14.1. The molecule has 5 nitrogen and oxygen atoms in total. The Balaban J connectivity index is 1.58. The molecule has 0 aromatic heterocycles. The third-order valence-electron chi connectivity index (χ3n) is 5.40. The van der Waals surface area contributed by atoms with Crippen LogP contribution in [0.4, 0.5) is 24.5 Å². The first-order chi connectivity index (χ1) is 14.3. The van der Waals surface area contributed by atoms with Crippen molar-refractivity contribution in [2.45, 2.75) is 18.1 Å². The molecule has 2 aliphatic rings. The Hall–Kier alpha value is -2.11. The van der Waals surface area contributed by atoms with Gasteiger partial charge in [0.1, 0.15) is 11.4 Å². The van der Waals surface area contributed by atoms with Crippen LogP contribution in [0.5, 0.6) is 0 Å². The molecule has 2 heterocycles. The van der Waals surface area contributed by atoms with Gasteiger partial charge in [-0.05, 0) is 59.3 Å². The average Bonchev–Trinajstić information content (AvgIpc) is 2.71. The summed E-state index contributed by atoms with van der Waals surface area (Å²) < 4.78 is 43.3. The van der Waals surface area contributed by atoms with Gasteiger partial charge >= 0.3 is 0 Å². The van der Waals surface area contributed by atoms with Crippen LogP contribution in [0.3, 0.4) is 0 Å². The van der Waals surface area contributed by atoms with Crippen LogP contribution >= 0.6 is 22.6 Å². The van der Waals surface area contributed by atoms with E-state index in [1.54, 1.807) is 6.07 Å². The highest BCUT2D eigenvalue weighted by Gasteiger charge is 2.49. The van der Waals surface area contributed by atoms with Gasteiger partial charge in [-0.3, -0.25) is 4.79 Å². The standard InChI is InChI=1S/C21H19F3IN3O2/c22-14-6-5-13(19(18(14)24)27-16-7-4-12(25)9-15(16)23)20(29)28-10-21(30,11-28)17-3-1-2-8-26-17/h1-2,4-7,9,17,26-27,30H,3,8,10-11H2/t17-/m0/s1. The summed E-state index contributed by atoms with van der Waals surface area (Å²) in [5, 5.41) is 16.5. The first-order valence-corrected chi connectivity index (χ1v) is 10.5. The van der Waals surface area contributed by atoms with Crippen LogP contribution in [0, 0.1) is 21.0 Å². The van der Waals surface area contributed by atoms with E-state index in [-0.39, 0.29) is 30.4 Å². The van der Waals surface area contributed by atoms with Crippen molar-refractivity contribution in [1.29, 1.82) is 0 Å². The lowest BCUT2D eigenvalue weighted by Crippen LogP contribution is -2.71. The summed E-state index contributed by atoms with van der Waals surface area (Å²) in [6.45, 7) is 0.765. The average molecular weight is 529 g/mol. The van der Waals surface area contributed by atoms with Gasteiger partial charge < -0.3 is 20.6 Å². The molecule has 0 aliphatic carbocycles. The van der Waals surface area contributed by atoms with Gasteiger partial charge in [0.15, 0.2) is 11.6 Å². The molecule has 0 saturated carbocycles. The van der Waals surface area contributed by atoms with Gasteiger partial charge in [-0.2, -0.15) is 0 Å². The molecule has 2 aliphatic heterocycles. The fraction of sp³-hybridized carbons (Fsp3) is 0.286. The summed E-state index contributed by atoms with van der Waals surface area (Å²) >= 11 is 1.93. The van der Waals surface area contributed by atoms with Crippen LogP contribution in [0.2, 0.25) is 0 Å². The van der Waals surface area contributed by atoms with E-state index in [9.17, 15) is 23.1 Å². The van der Waals surface area contributed by atoms with Gasteiger partial charge in [-0.15, -0.1) is 0 Å². The summed E-state index contributed by atoms with van der Waals surface area (Å²) in [5.41, 5.74) is -1.73. The zero-order valence-corrected chi connectivity index (χ0v) is 17.9. The van der Waals surface area contributed by atoms with Crippen LogP contribution in [0.1, 0.15) is 16.8 Å². The van der Waals surface area contributed by atoms with Crippen LogP contribution in [-0.2, 0) is 0 Å². The molecule has 158 valence electrons. The van der Waals surface area contributed by atoms with Crippen molar-refractivity contribution >= 4 is 39.9 Å².